The first-order valence-electron chi connectivity index (χ1n) is 2.38. The average Bonchev–Trinajstić information content (AvgIpc) is 1.68. The zero-order valence-corrected chi connectivity index (χ0v) is 4.48. The Bertz CT molecular complexity index is 57.2. The van der Waals surface area contributed by atoms with Crippen LogP contribution in [0.15, 0.2) is 12.2 Å². The molecule has 0 bridgehead atoms. The highest BCUT2D eigenvalue weighted by molar-refractivity contribution is 4.92. The Morgan fingerprint density at radius 1 is 1.71 bits per heavy atom. The largest absolute Gasteiger partial charge is 0.392 e. The molecule has 0 saturated heterocycles. The summed E-state index contributed by atoms with van der Waals surface area (Å²) >= 11 is 0. The molecule has 0 unspecified atom stereocenters. The molecule has 1 heteroatoms. The molecule has 0 aromatic rings. The normalized spacial score (nSPS) is 8.71. The van der Waals surface area contributed by atoms with E-state index in [0.29, 0.717) is 0 Å². The van der Waals surface area contributed by atoms with Crippen molar-refractivity contribution in [2.75, 3.05) is 6.61 Å². The lowest BCUT2D eigenvalue weighted by molar-refractivity contribution is 0.327. The molecule has 1 nitrogen and oxygen atoms in total. The quantitative estimate of drug-likeness (QED) is 0.415. The van der Waals surface area contributed by atoms with Crippen LogP contribution in [-0.4, -0.2) is 11.7 Å². The summed E-state index contributed by atoms with van der Waals surface area (Å²) in [6.45, 7) is 7.28. The molecule has 40 valence electrons. The molecular weight excluding hydrogens is 88.1 g/mol. The van der Waals surface area contributed by atoms with Gasteiger partial charge in [0.15, 0.2) is 0 Å². The Balaban J connectivity index is 3.00. The van der Waals surface area contributed by atoms with Crippen LogP contribution in [0.25, 0.3) is 0 Å². The standard InChI is InChI=1S/C6H11O/c1-3-4-6(2)5-7/h7H,1-5H2/q+1. The molecule has 0 aromatic heterocycles. The molecule has 0 amide bonds. The van der Waals surface area contributed by atoms with E-state index in [9.17, 15) is 0 Å². The van der Waals surface area contributed by atoms with Gasteiger partial charge in [0.1, 0.15) is 0 Å². The third-order valence-electron chi connectivity index (χ3n) is 0.754. The van der Waals surface area contributed by atoms with Crippen LogP contribution in [0.2, 0.25) is 0 Å². The number of aliphatic hydroxyl groups is 1. The highest BCUT2D eigenvalue weighted by Crippen LogP contribution is 1.97. The van der Waals surface area contributed by atoms with E-state index in [1.807, 2.05) is 0 Å². The maximum Gasteiger partial charge on any atom is 0.0888 e. The van der Waals surface area contributed by atoms with Gasteiger partial charge >= 0.3 is 0 Å². The van der Waals surface area contributed by atoms with Crippen LogP contribution in [0.3, 0.4) is 0 Å². The van der Waals surface area contributed by atoms with Crippen molar-refractivity contribution in [3.05, 3.63) is 19.1 Å². The molecule has 0 aliphatic carbocycles. The van der Waals surface area contributed by atoms with Gasteiger partial charge in [0.05, 0.1) is 20.0 Å². The fourth-order valence-corrected chi connectivity index (χ4v) is 0.329. The SMILES string of the molecule is C=C(CO)CC[CH2+]. The van der Waals surface area contributed by atoms with Crippen molar-refractivity contribution in [3.63, 3.8) is 0 Å². The predicted molar refractivity (Wildman–Crippen MR) is 30.8 cm³/mol. The van der Waals surface area contributed by atoms with Crippen molar-refractivity contribution in [1.29, 1.82) is 0 Å². The monoisotopic (exact) mass is 99.1 g/mol. The predicted octanol–water partition coefficient (Wildman–Crippen LogP) is 1.15. The third kappa shape index (κ3) is 3.40. The maximum atomic E-state index is 8.34. The van der Waals surface area contributed by atoms with Crippen LogP contribution in [0.5, 0.6) is 0 Å². The fraction of sp³-hybridized carbons (Fsp3) is 0.500. The summed E-state index contributed by atoms with van der Waals surface area (Å²) in [6.07, 6.45) is 1.68. The molecule has 1 N–H and O–H groups in total. The Morgan fingerprint density at radius 3 is 2.43 bits per heavy atom. The molecule has 0 heterocycles. The van der Waals surface area contributed by atoms with Gasteiger partial charge in [-0.1, -0.05) is 6.58 Å². The van der Waals surface area contributed by atoms with Crippen molar-refractivity contribution in [1.82, 2.24) is 0 Å². The van der Waals surface area contributed by atoms with E-state index in [-0.39, 0.29) is 6.61 Å². The summed E-state index contributed by atoms with van der Waals surface area (Å²) in [6, 6.07) is 0. The lowest BCUT2D eigenvalue weighted by Gasteiger charge is -1.90. The van der Waals surface area contributed by atoms with E-state index in [2.05, 4.69) is 13.5 Å². The van der Waals surface area contributed by atoms with Crippen LogP contribution in [0.1, 0.15) is 12.8 Å². The zero-order valence-electron chi connectivity index (χ0n) is 4.48. The summed E-state index contributed by atoms with van der Waals surface area (Å²) in [7, 11) is 0. The fourth-order valence-electron chi connectivity index (χ4n) is 0.329. The van der Waals surface area contributed by atoms with Crippen LogP contribution >= 0.6 is 0 Å². The molecule has 0 atom stereocenters. The second-order valence-electron chi connectivity index (χ2n) is 1.51. The second kappa shape index (κ2) is 3.75. The van der Waals surface area contributed by atoms with Gasteiger partial charge in [0, 0.05) is 6.42 Å². The van der Waals surface area contributed by atoms with Crippen molar-refractivity contribution in [2.45, 2.75) is 12.8 Å². The Kier molecular flexibility index (Phi) is 3.52. The second-order valence-corrected chi connectivity index (χ2v) is 1.51. The first-order chi connectivity index (χ1) is 3.31. The topological polar surface area (TPSA) is 20.2 Å². The highest BCUT2D eigenvalue weighted by Gasteiger charge is 1.88. The summed E-state index contributed by atoms with van der Waals surface area (Å²) < 4.78 is 0. The highest BCUT2D eigenvalue weighted by atomic mass is 16.3. The van der Waals surface area contributed by atoms with E-state index in [1.54, 1.807) is 0 Å². The van der Waals surface area contributed by atoms with E-state index in [0.717, 1.165) is 18.4 Å². The molecule has 0 aromatic carbocycles. The zero-order chi connectivity index (χ0) is 5.70. The third-order valence-corrected chi connectivity index (χ3v) is 0.754. The van der Waals surface area contributed by atoms with E-state index >= 15 is 0 Å². The number of hydrogen-bond donors (Lipinski definition) is 1. The van der Waals surface area contributed by atoms with Gasteiger partial charge in [0.2, 0.25) is 0 Å². The smallest absolute Gasteiger partial charge is 0.0888 e. The lowest BCUT2D eigenvalue weighted by Crippen LogP contribution is -1.85. The van der Waals surface area contributed by atoms with Crippen molar-refractivity contribution in [2.24, 2.45) is 0 Å². The lowest BCUT2D eigenvalue weighted by atomic mass is 10.2. The van der Waals surface area contributed by atoms with Gasteiger partial charge in [-0.25, -0.2) is 0 Å². The molecule has 0 aliphatic heterocycles. The van der Waals surface area contributed by atoms with Gasteiger partial charge in [0.25, 0.3) is 0 Å². The van der Waals surface area contributed by atoms with Gasteiger partial charge < -0.3 is 5.11 Å². The molecule has 0 fully saturated rings. The molecule has 0 saturated carbocycles. The number of hydrogen-bond acceptors (Lipinski definition) is 1. The first kappa shape index (κ1) is 6.57. The number of rotatable bonds is 3. The minimum atomic E-state index is 0.107. The summed E-state index contributed by atoms with van der Waals surface area (Å²) in [5.74, 6) is 0. The van der Waals surface area contributed by atoms with E-state index in [4.69, 9.17) is 5.11 Å². The van der Waals surface area contributed by atoms with Crippen LogP contribution in [-0.2, 0) is 0 Å². The summed E-state index contributed by atoms with van der Waals surface area (Å²) in [5.41, 5.74) is 0.870. The van der Waals surface area contributed by atoms with Crippen LogP contribution in [0, 0.1) is 6.92 Å². The molecular formula is C6H11O+. The van der Waals surface area contributed by atoms with E-state index in [1.165, 1.54) is 0 Å². The average molecular weight is 99.2 g/mol. The molecule has 0 radical (unpaired) electrons. The van der Waals surface area contributed by atoms with Crippen molar-refractivity contribution >= 4 is 0 Å². The van der Waals surface area contributed by atoms with Gasteiger partial charge in [-0.2, -0.15) is 0 Å². The molecule has 0 rings (SSSR count). The Hall–Kier alpha value is -0.430. The first-order valence-corrected chi connectivity index (χ1v) is 2.38. The molecule has 0 spiro atoms. The van der Waals surface area contributed by atoms with Crippen molar-refractivity contribution in [3.8, 4) is 0 Å². The molecule has 0 aliphatic rings. The van der Waals surface area contributed by atoms with E-state index < -0.39 is 0 Å². The van der Waals surface area contributed by atoms with Crippen molar-refractivity contribution < 1.29 is 5.11 Å². The minimum Gasteiger partial charge on any atom is -0.392 e. The van der Waals surface area contributed by atoms with Crippen LogP contribution < -0.4 is 0 Å². The van der Waals surface area contributed by atoms with Gasteiger partial charge in [-0.05, 0) is 5.57 Å². The molecule has 7 heavy (non-hydrogen) atoms. The van der Waals surface area contributed by atoms with Gasteiger partial charge in [-0.15, -0.1) is 0 Å². The van der Waals surface area contributed by atoms with Gasteiger partial charge in [-0.3, -0.25) is 0 Å². The Morgan fingerprint density at radius 2 is 2.29 bits per heavy atom. The summed E-state index contributed by atoms with van der Waals surface area (Å²) in [5, 5.41) is 8.34. The minimum absolute atomic E-state index is 0.107. The summed E-state index contributed by atoms with van der Waals surface area (Å²) in [4.78, 5) is 0. The number of aliphatic hydroxyl groups excluding tert-OH is 1. The van der Waals surface area contributed by atoms with Crippen LogP contribution in [0.4, 0.5) is 0 Å². The Labute approximate surface area is 44.7 Å². The maximum absolute atomic E-state index is 8.34.